The van der Waals surface area contributed by atoms with Gasteiger partial charge in [-0.2, -0.15) is 18.6 Å². The lowest BCUT2D eigenvalue weighted by atomic mass is 10.0. The van der Waals surface area contributed by atoms with Gasteiger partial charge in [0.1, 0.15) is 17.4 Å². The monoisotopic (exact) mass is 760 g/mol. The summed E-state index contributed by atoms with van der Waals surface area (Å²) in [5.74, 6) is -0.0150. The highest BCUT2D eigenvalue weighted by molar-refractivity contribution is 7.59. The lowest BCUT2D eigenvalue weighted by Gasteiger charge is -2.31. The Bertz CT molecular complexity index is 1760. The molecule has 0 bridgehead atoms. The van der Waals surface area contributed by atoms with Crippen LogP contribution in [0.4, 0.5) is 4.79 Å². The van der Waals surface area contributed by atoms with Crippen LogP contribution in [0, 0.1) is 0 Å². The Balaban J connectivity index is 0.00000784. The molecule has 0 aliphatic heterocycles. The second kappa shape index (κ2) is 21.8. The fourth-order valence-corrected chi connectivity index (χ4v) is 5.89. The van der Waals surface area contributed by atoms with E-state index in [0.717, 1.165) is 27.6 Å². The summed E-state index contributed by atoms with van der Waals surface area (Å²) in [7, 11) is 0. The molecule has 0 saturated heterocycles. The van der Waals surface area contributed by atoms with Gasteiger partial charge in [0.05, 0.1) is 18.3 Å². The normalized spacial score (nSPS) is 12.3. The summed E-state index contributed by atoms with van der Waals surface area (Å²) in [4.78, 5) is 43.0. The highest BCUT2D eigenvalue weighted by atomic mass is 32.1. The van der Waals surface area contributed by atoms with Crippen LogP contribution >= 0.6 is 13.5 Å². The first-order valence-electron chi connectivity index (χ1n) is 18.2. The van der Waals surface area contributed by atoms with Crippen LogP contribution in [-0.4, -0.2) is 76.7 Å². The number of ether oxygens (including phenoxy) is 3. The van der Waals surface area contributed by atoms with Gasteiger partial charge in [-0.1, -0.05) is 66.7 Å². The minimum atomic E-state index is -0.960. The average Bonchev–Trinajstić information content (AvgIpc) is 3.61. The van der Waals surface area contributed by atoms with Crippen molar-refractivity contribution in [2.45, 2.75) is 90.9 Å². The SMILES string of the molecule is C=CC[C@H](CC(=O)N[C@@H](Cc1ccc(OC(C)(C)C)cc1)C(=O)N(Cc1cccc2cn[nH]c12)CC(OCC)OCC)NC(=O)NCc1ccccc1.S. The van der Waals surface area contributed by atoms with E-state index < -0.39 is 30.3 Å². The largest absolute Gasteiger partial charge is 0.488 e. The maximum Gasteiger partial charge on any atom is 0.315 e. The number of nitrogens with zero attached hydrogens (tertiary/aromatic N) is 2. The van der Waals surface area contributed by atoms with Crippen LogP contribution in [0.25, 0.3) is 10.9 Å². The minimum absolute atomic E-state index is 0. The Labute approximate surface area is 325 Å². The summed E-state index contributed by atoms with van der Waals surface area (Å²) in [5, 5.41) is 16.9. The Morgan fingerprint density at radius 1 is 0.926 bits per heavy atom. The zero-order chi connectivity index (χ0) is 38.2. The van der Waals surface area contributed by atoms with Gasteiger partial charge in [-0.3, -0.25) is 14.7 Å². The van der Waals surface area contributed by atoms with Gasteiger partial charge in [0.25, 0.3) is 0 Å². The van der Waals surface area contributed by atoms with Gasteiger partial charge in [-0.15, -0.1) is 6.58 Å². The molecule has 0 fully saturated rings. The molecule has 4 amide bonds. The first-order chi connectivity index (χ1) is 25.5. The van der Waals surface area contributed by atoms with Gasteiger partial charge in [0.2, 0.25) is 11.8 Å². The van der Waals surface area contributed by atoms with Gasteiger partial charge in [-0.25, -0.2) is 4.79 Å². The summed E-state index contributed by atoms with van der Waals surface area (Å²) >= 11 is 0. The summed E-state index contributed by atoms with van der Waals surface area (Å²) in [6.07, 6.45) is 3.19. The number of hydrogen-bond acceptors (Lipinski definition) is 7. The van der Waals surface area contributed by atoms with Crippen LogP contribution < -0.4 is 20.7 Å². The van der Waals surface area contributed by atoms with Gasteiger partial charge in [0.15, 0.2) is 6.29 Å². The van der Waals surface area contributed by atoms with Crippen molar-refractivity contribution in [1.82, 2.24) is 31.0 Å². The first-order valence-corrected chi connectivity index (χ1v) is 18.2. The second-order valence-corrected chi connectivity index (χ2v) is 13.7. The maximum absolute atomic E-state index is 14.7. The molecule has 3 aromatic carbocycles. The quantitative estimate of drug-likeness (QED) is 0.0625. The van der Waals surface area contributed by atoms with Crippen LogP contribution in [0.1, 0.15) is 64.2 Å². The molecule has 4 aromatic rings. The molecule has 4 N–H and O–H groups in total. The number of benzene rings is 3. The third-order valence-electron chi connectivity index (χ3n) is 8.25. The summed E-state index contributed by atoms with van der Waals surface area (Å²) < 4.78 is 17.8. The minimum Gasteiger partial charge on any atom is -0.488 e. The number of rotatable bonds is 20. The molecule has 2 atom stereocenters. The zero-order valence-electron chi connectivity index (χ0n) is 32.0. The fraction of sp³-hybridized carbons (Fsp3) is 0.415. The van der Waals surface area contributed by atoms with E-state index in [-0.39, 0.29) is 50.9 Å². The smallest absolute Gasteiger partial charge is 0.315 e. The second-order valence-electron chi connectivity index (χ2n) is 13.7. The summed E-state index contributed by atoms with van der Waals surface area (Å²) in [5.41, 5.74) is 3.06. The van der Waals surface area contributed by atoms with Crippen molar-refractivity contribution in [3.63, 3.8) is 0 Å². The standard InChI is InChI=1S/C41H54N6O6.H2S/c1-7-14-33(44-40(50)42-25-30-15-11-10-12-16-30)24-36(48)45-35(23-29-19-21-34(22-20-29)53-41(4,5)6)39(49)47(28-37(51-8-2)52-9-3)27-32-18-13-17-31-26-43-46-38(31)32;/h7,10-13,15-22,26,33,35,37H,1,8-9,14,23-25,27-28H2,2-6H3,(H,43,46)(H,45,48)(H2,42,44,50);1H2/t33-,35+;/m1./s1. The van der Waals surface area contributed by atoms with Crippen LogP contribution in [0.2, 0.25) is 0 Å². The van der Waals surface area contributed by atoms with Crippen molar-refractivity contribution in [1.29, 1.82) is 0 Å². The van der Waals surface area contributed by atoms with Gasteiger partial charge in [0, 0.05) is 50.6 Å². The van der Waals surface area contributed by atoms with Crippen LogP contribution in [0.15, 0.2) is 91.6 Å². The fourth-order valence-electron chi connectivity index (χ4n) is 5.89. The Morgan fingerprint density at radius 3 is 2.28 bits per heavy atom. The number of aromatic amines is 1. The predicted molar refractivity (Wildman–Crippen MR) is 216 cm³/mol. The number of carbonyl (C=O) groups excluding carboxylic acids is 3. The molecule has 0 saturated carbocycles. The number of fused-ring (bicyclic) bond motifs is 1. The van der Waals surface area contributed by atoms with E-state index in [2.05, 4.69) is 32.7 Å². The van der Waals surface area contributed by atoms with Crippen LogP contribution in [-0.2, 0) is 38.6 Å². The van der Waals surface area contributed by atoms with Crippen LogP contribution in [0.3, 0.4) is 0 Å². The molecule has 1 heterocycles. The van der Waals surface area contributed by atoms with Gasteiger partial charge in [-0.05, 0) is 69.9 Å². The lowest BCUT2D eigenvalue weighted by molar-refractivity contribution is -0.161. The molecule has 0 radical (unpaired) electrons. The molecule has 54 heavy (non-hydrogen) atoms. The Hall–Kier alpha value is -4.85. The van der Waals surface area contributed by atoms with E-state index in [4.69, 9.17) is 14.2 Å². The zero-order valence-corrected chi connectivity index (χ0v) is 33.0. The number of aromatic nitrogens is 2. The lowest BCUT2D eigenvalue weighted by Crippen LogP contribution is -2.52. The van der Waals surface area contributed by atoms with E-state index in [1.54, 1.807) is 17.2 Å². The molecule has 12 nitrogen and oxygen atoms in total. The van der Waals surface area contributed by atoms with Crippen molar-refractivity contribution >= 4 is 42.2 Å². The third-order valence-corrected chi connectivity index (χ3v) is 8.25. The molecule has 292 valence electrons. The molecule has 0 aliphatic carbocycles. The molecule has 0 unspecified atom stereocenters. The highest BCUT2D eigenvalue weighted by Gasteiger charge is 2.30. The molecule has 0 aliphatic rings. The van der Waals surface area contributed by atoms with E-state index in [9.17, 15) is 14.4 Å². The van der Waals surface area contributed by atoms with Crippen molar-refractivity contribution in [2.24, 2.45) is 0 Å². The third kappa shape index (κ3) is 14.2. The Morgan fingerprint density at radius 2 is 1.63 bits per heavy atom. The van der Waals surface area contributed by atoms with Crippen molar-refractivity contribution < 1.29 is 28.6 Å². The highest BCUT2D eigenvalue weighted by Crippen LogP contribution is 2.22. The van der Waals surface area contributed by atoms with Crippen LogP contribution in [0.5, 0.6) is 5.75 Å². The van der Waals surface area contributed by atoms with E-state index >= 15 is 0 Å². The number of H-pyrrole nitrogens is 1. The Kier molecular flexibility index (Phi) is 17.5. The number of para-hydroxylation sites is 1. The molecule has 4 rings (SSSR count). The van der Waals surface area contributed by atoms with Gasteiger partial charge < -0.3 is 35.1 Å². The average molecular weight is 761 g/mol. The number of hydrogen-bond donors (Lipinski definition) is 4. The number of amides is 4. The van der Waals surface area contributed by atoms with E-state index in [1.807, 2.05) is 107 Å². The number of urea groups is 1. The van der Waals surface area contributed by atoms with Gasteiger partial charge >= 0.3 is 6.03 Å². The number of nitrogens with one attached hydrogen (secondary N) is 4. The first kappa shape index (κ1) is 43.6. The van der Waals surface area contributed by atoms with Crippen molar-refractivity contribution in [3.8, 4) is 5.75 Å². The molecule has 13 heteroatoms. The van der Waals surface area contributed by atoms with Crippen molar-refractivity contribution in [3.05, 3.63) is 108 Å². The topological polar surface area (TPSA) is 147 Å². The molecular weight excluding hydrogens is 705 g/mol. The predicted octanol–water partition coefficient (Wildman–Crippen LogP) is 6.14. The van der Waals surface area contributed by atoms with E-state index in [1.165, 1.54) is 0 Å². The van der Waals surface area contributed by atoms with E-state index in [0.29, 0.717) is 31.9 Å². The number of carbonyl (C=O) groups is 3. The summed E-state index contributed by atoms with van der Waals surface area (Å²) in [6.45, 7) is 14.9. The molecular formula is C41H56N6O6S. The summed E-state index contributed by atoms with van der Waals surface area (Å²) in [6, 6.07) is 20.9. The molecule has 1 aromatic heterocycles. The van der Waals surface area contributed by atoms with Crippen molar-refractivity contribution in [2.75, 3.05) is 19.8 Å². The molecule has 0 spiro atoms. The maximum atomic E-state index is 14.7.